The summed E-state index contributed by atoms with van der Waals surface area (Å²) in [5.41, 5.74) is 5.74. The van der Waals surface area contributed by atoms with Gasteiger partial charge >= 0.3 is 0 Å². The van der Waals surface area contributed by atoms with Crippen LogP contribution in [0.5, 0.6) is 0 Å². The quantitative estimate of drug-likeness (QED) is 0.566. The van der Waals surface area contributed by atoms with Crippen molar-refractivity contribution in [3.63, 3.8) is 0 Å². The largest absolute Gasteiger partial charge is 0.295 e. The van der Waals surface area contributed by atoms with Gasteiger partial charge in [-0.1, -0.05) is 23.9 Å². The number of hydrogen-bond donors (Lipinski definition) is 2. The van der Waals surface area contributed by atoms with Gasteiger partial charge in [-0.3, -0.25) is 24.8 Å². The molecule has 0 aliphatic carbocycles. The van der Waals surface area contributed by atoms with E-state index in [1.807, 2.05) is 28.8 Å². The summed E-state index contributed by atoms with van der Waals surface area (Å²) in [5, 5.41) is 2.53. The lowest BCUT2D eigenvalue weighted by Crippen LogP contribution is -2.42. The fraction of sp³-hybridized carbons (Fsp3) is 0.0714. The highest BCUT2D eigenvalue weighted by Crippen LogP contribution is 2.17. The summed E-state index contributed by atoms with van der Waals surface area (Å²) in [6.45, 7) is 0. The standard InChI is InChI=1S/C14H12N4O2S2/c19-12(16-17-13(20)11-5-3-7-21-11)9-22-14-15-8-10-4-1-2-6-18(10)14/h1-8H,9H2,(H,16,19)(H,17,20). The van der Waals surface area contributed by atoms with Crippen LogP contribution >= 0.6 is 23.1 Å². The van der Waals surface area contributed by atoms with Crippen LogP contribution in [0.15, 0.2) is 53.3 Å². The van der Waals surface area contributed by atoms with Gasteiger partial charge in [-0.25, -0.2) is 4.98 Å². The number of hydrogen-bond acceptors (Lipinski definition) is 5. The summed E-state index contributed by atoms with van der Waals surface area (Å²) in [5.74, 6) is -0.444. The molecule has 0 aliphatic rings. The Morgan fingerprint density at radius 1 is 1.23 bits per heavy atom. The number of amides is 2. The third-order valence-electron chi connectivity index (χ3n) is 2.80. The van der Waals surface area contributed by atoms with Gasteiger partial charge in [0.2, 0.25) is 5.91 Å². The first-order valence-electron chi connectivity index (χ1n) is 6.41. The first-order chi connectivity index (χ1) is 10.7. The van der Waals surface area contributed by atoms with E-state index in [0.717, 1.165) is 10.7 Å². The van der Waals surface area contributed by atoms with E-state index in [9.17, 15) is 9.59 Å². The van der Waals surface area contributed by atoms with E-state index in [1.165, 1.54) is 23.1 Å². The average Bonchev–Trinajstić information content (AvgIpc) is 3.20. The van der Waals surface area contributed by atoms with Crippen molar-refractivity contribution in [2.24, 2.45) is 0 Å². The zero-order valence-electron chi connectivity index (χ0n) is 11.4. The second-order valence-corrected chi connectivity index (χ2v) is 6.19. The Labute approximate surface area is 134 Å². The van der Waals surface area contributed by atoms with Crippen LogP contribution < -0.4 is 10.9 Å². The van der Waals surface area contributed by atoms with Crippen LogP contribution in [0.3, 0.4) is 0 Å². The molecule has 0 fully saturated rings. The van der Waals surface area contributed by atoms with Gasteiger partial charge in [-0.2, -0.15) is 0 Å². The summed E-state index contributed by atoms with van der Waals surface area (Å²) in [7, 11) is 0. The molecule has 0 bridgehead atoms. The second kappa shape index (κ2) is 6.63. The molecule has 0 spiro atoms. The minimum absolute atomic E-state index is 0.165. The van der Waals surface area contributed by atoms with E-state index in [0.29, 0.717) is 4.88 Å². The van der Waals surface area contributed by atoms with Crippen molar-refractivity contribution in [3.05, 3.63) is 53.0 Å². The number of hydrazine groups is 1. The number of carbonyl (C=O) groups excluding carboxylic acids is 2. The zero-order valence-corrected chi connectivity index (χ0v) is 13.0. The van der Waals surface area contributed by atoms with E-state index in [4.69, 9.17) is 0 Å². The molecule has 8 heteroatoms. The highest BCUT2D eigenvalue weighted by molar-refractivity contribution is 7.99. The molecule has 6 nitrogen and oxygen atoms in total. The number of imidazole rings is 1. The fourth-order valence-electron chi connectivity index (χ4n) is 1.79. The van der Waals surface area contributed by atoms with Crippen molar-refractivity contribution in [3.8, 4) is 0 Å². The lowest BCUT2D eigenvalue weighted by Gasteiger charge is -2.05. The van der Waals surface area contributed by atoms with E-state index in [2.05, 4.69) is 15.8 Å². The summed E-state index contributed by atoms with van der Waals surface area (Å²) < 4.78 is 1.90. The first kappa shape index (κ1) is 14.6. The minimum atomic E-state index is -0.320. The SMILES string of the molecule is O=C(CSc1ncc2ccccn12)NNC(=O)c1cccs1. The van der Waals surface area contributed by atoms with Gasteiger partial charge in [0.05, 0.1) is 22.3 Å². The van der Waals surface area contributed by atoms with Crippen LogP contribution in [0.1, 0.15) is 9.67 Å². The van der Waals surface area contributed by atoms with Crippen LogP contribution in [0.25, 0.3) is 5.52 Å². The number of nitrogens with zero attached hydrogens (tertiary/aromatic N) is 2. The molecule has 2 amide bonds. The molecule has 0 aliphatic heterocycles. The smallest absolute Gasteiger partial charge is 0.279 e. The van der Waals surface area contributed by atoms with E-state index in [-0.39, 0.29) is 17.6 Å². The topological polar surface area (TPSA) is 75.5 Å². The molecule has 0 unspecified atom stereocenters. The number of aromatic nitrogens is 2. The van der Waals surface area contributed by atoms with Gasteiger partial charge in [-0.15, -0.1) is 11.3 Å². The molecule has 0 aromatic carbocycles. The van der Waals surface area contributed by atoms with Crippen LogP contribution in [-0.2, 0) is 4.79 Å². The first-order valence-corrected chi connectivity index (χ1v) is 8.28. The van der Waals surface area contributed by atoms with Crippen molar-refractivity contribution < 1.29 is 9.59 Å². The third kappa shape index (κ3) is 3.29. The molecule has 0 radical (unpaired) electrons. The minimum Gasteiger partial charge on any atom is -0.295 e. The number of thioether (sulfide) groups is 1. The Bertz CT molecular complexity index is 798. The molecule has 0 saturated carbocycles. The van der Waals surface area contributed by atoms with E-state index in [1.54, 1.807) is 23.7 Å². The van der Waals surface area contributed by atoms with Crippen molar-refractivity contribution in [2.75, 3.05) is 5.75 Å². The zero-order chi connectivity index (χ0) is 15.4. The van der Waals surface area contributed by atoms with E-state index < -0.39 is 0 Å². The van der Waals surface area contributed by atoms with Crippen LogP contribution in [0.4, 0.5) is 0 Å². The molecular formula is C14H12N4O2S2. The van der Waals surface area contributed by atoms with E-state index >= 15 is 0 Å². The summed E-state index contributed by atoms with van der Waals surface area (Å²) in [6.07, 6.45) is 3.64. The average molecular weight is 332 g/mol. The highest BCUT2D eigenvalue weighted by Gasteiger charge is 2.10. The van der Waals surface area contributed by atoms with Gasteiger partial charge in [-0.05, 0) is 23.6 Å². The van der Waals surface area contributed by atoms with Crippen LogP contribution in [0.2, 0.25) is 0 Å². The Hall–Kier alpha value is -2.32. The highest BCUT2D eigenvalue weighted by atomic mass is 32.2. The normalized spacial score (nSPS) is 10.5. The summed E-state index contributed by atoms with van der Waals surface area (Å²) in [6, 6.07) is 9.24. The van der Waals surface area contributed by atoms with Gasteiger partial charge < -0.3 is 0 Å². The molecular weight excluding hydrogens is 320 g/mol. The van der Waals surface area contributed by atoms with Crippen LogP contribution in [-0.4, -0.2) is 27.0 Å². The molecule has 3 rings (SSSR count). The molecule has 112 valence electrons. The van der Waals surface area contributed by atoms with Gasteiger partial charge in [0.15, 0.2) is 5.16 Å². The number of carbonyl (C=O) groups is 2. The number of pyridine rings is 1. The Morgan fingerprint density at radius 3 is 2.95 bits per heavy atom. The van der Waals surface area contributed by atoms with Crippen molar-refractivity contribution in [1.82, 2.24) is 20.2 Å². The van der Waals surface area contributed by atoms with Gasteiger partial charge in [0, 0.05) is 6.20 Å². The maximum atomic E-state index is 11.8. The third-order valence-corrected chi connectivity index (χ3v) is 4.63. The number of rotatable bonds is 4. The molecule has 0 saturated heterocycles. The fourth-order valence-corrected chi connectivity index (χ4v) is 3.17. The number of nitrogens with one attached hydrogen (secondary N) is 2. The lowest BCUT2D eigenvalue weighted by molar-refractivity contribution is -0.119. The van der Waals surface area contributed by atoms with Gasteiger partial charge in [0.1, 0.15) is 0 Å². The Morgan fingerprint density at radius 2 is 2.14 bits per heavy atom. The molecule has 3 aromatic heterocycles. The van der Waals surface area contributed by atoms with Crippen molar-refractivity contribution >= 4 is 40.4 Å². The molecule has 2 N–H and O–H groups in total. The monoisotopic (exact) mass is 332 g/mol. The maximum Gasteiger partial charge on any atom is 0.279 e. The van der Waals surface area contributed by atoms with Gasteiger partial charge in [0.25, 0.3) is 5.91 Å². The second-order valence-electron chi connectivity index (χ2n) is 4.30. The lowest BCUT2D eigenvalue weighted by atomic mass is 10.4. The van der Waals surface area contributed by atoms with Crippen molar-refractivity contribution in [1.29, 1.82) is 0 Å². The molecule has 3 aromatic rings. The number of fused-ring (bicyclic) bond motifs is 1. The summed E-state index contributed by atoms with van der Waals surface area (Å²) in [4.78, 5) is 28.3. The predicted octanol–water partition coefficient (Wildman–Crippen LogP) is 1.95. The Kier molecular flexibility index (Phi) is 4.40. The maximum absolute atomic E-state index is 11.8. The van der Waals surface area contributed by atoms with Crippen molar-refractivity contribution in [2.45, 2.75) is 5.16 Å². The molecule has 0 atom stereocenters. The Balaban J connectivity index is 1.51. The molecule has 3 heterocycles. The number of thiophene rings is 1. The predicted molar refractivity (Wildman–Crippen MR) is 85.8 cm³/mol. The van der Waals surface area contributed by atoms with Crippen LogP contribution in [0, 0.1) is 0 Å². The summed E-state index contributed by atoms with van der Waals surface area (Å²) >= 11 is 2.62. The molecule has 22 heavy (non-hydrogen) atoms.